The van der Waals surface area contributed by atoms with E-state index in [-0.39, 0.29) is 0 Å². The average Bonchev–Trinajstić information content (AvgIpc) is 3.39. The third-order valence-corrected chi connectivity index (χ3v) is 5.10. The van der Waals surface area contributed by atoms with E-state index in [1.807, 2.05) is 70.3 Å². The third kappa shape index (κ3) is 8.18. The third-order valence-electron chi connectivity index (χ3n) is 5.10. The van der Waals surface area contributed by atoms with E-state index in [1.165, 1.54) is 30.3 Å². The summed E-state index contributed by atoms with van der Waals surface area (Å²) in [6.07, 6.45) is 7.93. The van der Waals surface area contributed by atoms with Crippen LogP contribution in [0.2, 0.25) is 0 Å². The van der Waals surface area contributed by atoms with Crippen LogP contribution in [-0.4, -0.2) is 40.6 Å². The van der Waals surface area contributed by atoms with Crippen LogP contribution < -0.4 is 0 Å². The van der Waals surface area contributed by atoms with Gasteiger partial charge in [0.1, 0.15) is 12.3 Å². The van der Waals surface area contributed by atoms with Gasteiger partial charge in [0, 0.05) is 30.9 Å². The molecule has 0 saturated carbocycles. The van der Waals surface area contributed by atoms with Crippen molar-refractivity contribution < 1.29 is 9.53 Å². The van der Waals surface area contributed by atoms with Gasteiger partial charge >= 0.3 is 0 Å². The van der Waals surface area contributed by atoms with Crippen molar-refractivity contribution in [2.24, 2.45) is 7.05 Å². The Morgan fingerprint density at radius 1 is 1.06 bits per heavy atom. The second-order valence-corrected chi connectivity index (χ2v) is 7.01. The maximum absolute atomic E-state index is 9.76. The van der Waals surface area contributed by atoms with Crippen LogP contribution in [-0.2, 0) is 29.6 Å². The highest BCUT2D eigenvalue weighted by Gasteiger charge is 2.22. The van der Waals surface area contributed by atoms with Crippen molar-refractivity contribution in [1.82, 2.24) is 14.5 Å². The molecule has 3 aromatic rings. The van der Waals surface area contributed by atoms with E-state index in [0.717, 1.165) is 17.6 Å². The van der Waals surface area contributed by atoms with E-state index in [2.05, 4.69) is 45.5 Å². The Morgan fingerprint density at radius 3 is 2.39 bits per heavy atom. The smallest absolute Gasteiger partial charge is 0.293 e. The molecular weight excluding hydrogens is 386 g/mol. The number of ether oxygens (including phenoxy) is 1. The lowest BCUT2D eigenvalue weighted by molar-refractivity contribution is -0.129. The van der Waals surface area contributed by atoms with Crippen molar-refractivity contribution in [2.45, 2.75) is 59.6 Å². The van der Waals surface area contributed by atoms with Gasteiger partial charge in [-0.2, -0.15) is 0 Å². The van der Waals surface area contributed by atoms with Crippen LogP contribution in [0.15, 0.2) is 54.9 Å². The zero-order valence-corrected chi connectivity index (χ0v) is 20.0. The minimum Gasteiger partial charge on any atom is -0.463 e. The molecule has 0 N–H and O–H groups in total. The largest absolute Gasteiger partial charge is 0.463 e. The van der Waals surface area contributed by atoms with Gasteiger partial charge in [-0.1, -0.05) is 58.0 Å². The molecule has 1 saturated heterocycles. The summed E-state index contributed by atoms with van der Waals surface area (Å²) in [4.78, 5) is 16.7. The molecule has 5 nitrogen and oxygen atoms in total. The Labute approximate surface area is 188 Å². The molecule has 31 heavy (non-hydrogen) atoms. The molecule has 1 unspecified atom stereocenters. The average molecular weight is 426 g/mol. The molecule has 1 atom stereocenters. The number of likely N-dealkylation sites (N-methyl/N-ethyl adjacent to an activating group) is 1. The number of rotatable bonds is 5. The predicted octanol–water partition coefficient (Wildman–Crippen LogP) is 5.62. The number of aryl methyl sites for hydroxylation is 1. The van der Waals surface area contributed by atoms with E-state index < -0.39 is 0 Å². The van der Waals surface area contributed by atoms with Gasteiger partial charge in [0.2, 0.25) is 0 Å². The van der Waals surface area contributed by atoms with Crippen LogP contribution in [0.25, 0.3) is 11.0 Å². The maximum Gasteiger partial charge on any atom is 0.293 e. The molecule has 170 valence electrons. The maximum atomic E-state index is 9.76. The fourth-order valence-electron chi connectivity index (χ4n) is 3.65. The normalized spacial score (nSPS) is 15.0. The SMILES string of the molecule is CC.CC.CN1CCCC1Cc1cn(C)c2ncccc12.O=COCc1ccccc1. The molecule has 1 aliphatic rings. The number of pyridine rings is 1. The predicted molar refractivity (Wildman–Crippen MR) is 130 cm³/mol. The van der Waals surface area contributed by atoms with Gasteiger partial charge in [0.15, 0.2) is 0 Å². The first-order chi connectivity index (χ1) is 15.2. The number of fused-ring (bicyclic) bond motifs is 1. The van der Waals surface area contributed by atoms with E-state index >= 15 is 0 Å². The summed E-state index contributed by atoms with van der Waals surface area (Å²) in [5.41, 5.74) is 3.55. The van der Waals surface area contributed by atoms with Crippen molar-refractivity contribution in [3.05, 3.63) is 66.0 Å². The topological polar surface area (TPSA) is 47.4 Å². The standard InChI is InChI=1S/C14H19N3.C8H8O2.2C2H6/c1-16-8-4-5-12(16)9-11-10-17(2)14-13(11)6-3-7-15-14;9-7-10-6-8-4-2-1-3-5-8;2*1-2/h3,6-7,10,12H,4-5,8-9H2,1-2H3;1-5,7H,6H2;2*1-2H3. The Kier molecular flexibility index (Phi) is 12.9. The molecule has 1 fully saturated rings. The molecule has 4 rings (SSSR count). The summed E-state index contributed by atoms with van der Waals surface area (Å²) < 4.78 is 6.68. The lowest BCUT2D eigenvalue weighted by Gasteiger charge is -2.18. The summed E-state index contributed by atoms with van der Waals surface area (Å²) in [5.74, 6) is 0. The first kappa shape index (κ1) is 26.4. The van der Waals surface area contributed by atoms with Gasteiger partial charge in [0.25, 0.3) is 6.47 Å². The van der Waals surface area contributed by atoms with Crippen molar-refractivity contribution >= 4 is 17.5 Å². The lowest BCUT2D eigenvalue weighted by Crippen LogP contribution is -2.26. The lowest BCUT2D eigenvalue weighted by atomic mass is 10.0. The highest BCUT2D eigenvalue weighted by Crippen LogP contribution is 2.24. The van der Waals surface area contributed by atoms with Gasteiger partial charge in [-0.15, -0.1) is 0 Å². The number of benzene rings is 1. The molecule has 2 aromatic heterocycles. The summed E-state index contributed by atoms with van der Waals surface area (Å²) in [7, 11) is 4.32. The van der Waals surface area contributed by atoms with E-state index in [4.69, 9.17) is 0 Å². The minimum absolute atomic E-state index is 0.365. The van der Waals surface area contributed by atoms with Gasteiger partial charge in [-0.3, -0.25) is 4.79 Å². The Bertz CT molecular complexity index is 861. The van der Waals surface area contributed by atoms with E-state index in [9.17, 15) is 4.79 Å². The molecule has 0 spiro atoms. The molecular formula is C26H39N3O2. The van der Waals surface area contributed by atoms with Crippen LogP contribution in [0, 0.1) is 0 Å². The Morgan fingerprint density at radius 2 is 1.77 bits per heavy atom. The quantitative estimate of drug-likeness (QED) is 0.498. The molecule has 0 aliphatic carbocycles. The highest BCUT2D eigenvalue weighted by molar-refractivity contribution is 5.80. The van der Waals surface area contributed by atoms with Crippen LogP contribution in [0.1, 0.15) is 51.7 Å². The van der Waals surface area contributed by atoms with Crippen LogP contribution in [0.5, 0.6) is 0 Å². The highest BCUT2D eigenvalue weighted by atomic mass is 16.5. The summed E-state index contributed by atoms with van der Waals surface area (Å²) >= 11 is 0. The molecule has 1 aromatic carbocycles. The number of likely N-dealkylation sites (tertiary alicyclic amines) is 1. The van der Waals surface area contributed by atoms with Crippen molar-refractivity contribution in [3.63, 3.8) is 0 Å². The number of hydrogen-bond acceptors (Lipinski definition) is 4. The van der Waals surface area contributed by atoms with E-state index in [0.29, 0.717) is 19.1 Å². The molecule has 0 bridgehead atoms. The second-order valence-electron chi connectivity index (χ2n) is 7.01. The number of nitrogens with zero attached hydrogens (tertiary/aromatic N) is 3. The zero-order valence-electron chi connectivity index (χ0n) is 20.0. The molecule has 0 amide bonds. The zero-order chi connectivity index (χ0) is 23.1. The molecule has 5 heteroatoms. The van der Waals surface area contributed by atoms with Crippen molar-refractivity contribution in [1.29, 1.82) is 0 Å². The van der Waals surface area contributed by atoms with Gasteiger partial charge in [0.05, 0.1) is 0 Å². The molecule has 1 aliphatic heterocycles. The van der Waals surface area contributed by atoms with Gasteiger partial charge in [-0.25, -0.2) is 4.98 Å². The summed E-state index contributed by atoms with van der Waals surface area (Å²) in [5, 5.41) is 1.32. The Hall–Kier alpha value is -2.66. The molecule has 0 radical (unpaired) electrons. The molecule has 3 heterocycles. The van der Waals surface area contributed by atoms with Crippen molar-refractivity contribution in [2.75, 3.05) is 13.6 Å². The Balaban J connectivity index is 0.000000295. The monoisotopic (exact) mass is 425 g/mol. The number of aromatic nitrogens is 2. The van der Waals surface area contributed by atoms with Gasteiger partial charge in [-0.05, 0) is 56.1 Å². The fourth-order valence-corrected chi connectivity index (χ4v) is 3.65. The summed E-state index contributed by atoms with van der Waals surface area (Å²) in [6.45, 7) is 10.1. The first-order valence-electron chi connectivity index (χ1n) is 11.4. The van der Waals surface area contributed by atoms with Crippen LogP contribution >= 0.6 is 0 Å². The summed E-state index contributed by atoms with van der Waals surface area (Å²) in [6, 6.07) is 14.5. The fraction of sp³-hybridized carbons (Fsp3) is 0.462. The minimum atomic E-state index is 0.365. The van der Waals surface area contributed by atoms with Crippen LogP contribution in [0.3, 0.4) is 0 Å². The first-order valence-corrected chi connectivity index (χ1v) is 11.4. The second kappa shape index (κ2) is 15.2. The number of carbonyl (C=O) groups excluding carboxylic acids is 1. The number of hydrogen-bond donors (Lipinski definition) is 0. The van der Waals surface area contributed by atoms with Crippen molar-refractivity contribution in [3.8, 4) is 0 Å². The van der Waals surface area contributed by atoms with Crippen LogP contribution in [0.4, 0.5) is 0 Å². The van der Waals surface area contributed by atoms with Gasteiger partial charge < -0.3 is 14.2 Å². The van der Waals surface area contributed by atoms with E-state index in [1.54, 1.807) is 0 Å². The number of carbonyl (C=O) groups is 1.